The molecule has 20 heavy (non-hydrogen) atoms. The third-order valence-electron chi connectivity index (χ3n) is 3.06. The molecule has 0 bridgehead atoms. The molecule has 0 unspecified atom stereocenters. The van der Waals surface area contributed by atoms with Gasteiger partial charge in [-0.05, 0) is 31.9 Å². The van der Waals surface area contributed by atoms with Gasteiger partial charge in [-0.25, -0.2) is 4.98 Å². The normalized spacial score (nSPS) is 16.6. The maximum Gasteiger partial charge on any atom is 0.411 e. The van der Waals surface area contributed by atoms with Crippen molar-refractivity contribution >= 4 is 23.3 Å². The largest absolute Gasteiger partial charge is 0.411 e. The van der Waals surface area contributed by atoms with Gasteiger partial charge in [0.05, 0.1) is 5.02 Å². The van der Waals surface area contributed by atoms with Crippen LogP contribution in [0.1, 0.15) is 30.3 Å². The van der Waals surface area contributed by atoms with E-state index in [1.807, 2.05) is 12.2 Å². The zero-order valence-electron chi connectivity index (χ0n) is 10.6. The summed E-state index contributed by atoms with van der Waals surface area (Å²) in [5.74, 6) is -0.525. The van der Waals surface area contributed by atoms with Crippen molar-refractivity contribution < 1.29 is 18.0 Å². The Balaban J connectivity index is 2.19. The van der Waals surface area contributed by atoms with Crippen LogP contribution in [0.25, 0.3) is 0 Å². The summed E-state index contributed by atoms with van der Waals surface area (Å²) in [5.41, 5.74) is -2.33. The average molecular weight is 308 g/mol. The first-order valence-electron chi connectivity index (χ1n) is 6.09. The molecule has 1 heterocycles. The standard InChI is InChI=1S/C12H13ClF3N3O/c1-2-17-8-4-3-7(13)9(18-8)10(20)19-11(5-6-11)12(14,15)16/h3-4H,2,5-6H2,1H3,(H,17,18)(H,19,20). The van der Waals surface area contributed by atoms with Gasteiger partial charge >= 0.3 is 6.18 Å². The quantitative estimate of drug-likeness (QED) is 0.899. The van der Waals surface area contributed by atoms with Gasteiger partial charge in [0.15, 0.2) is 0 Å². The van der Waals surface area contributed by atoms with Crippen LogP contribution in [0.4, 0.5) is 19.0 Å². The molecular formula is C12H13ClF3N3O. The van der Waals surface area contributed by atoms with Crippen LogP contribution in [0.3, 0.4) is 0 Å². The van der Waals surface area contributed by atoms with Gasteiger partial charge in [0.25, 0.3) is 5.91 Å². The van der Waals surface area contributed by atoms with Crippen molar-refractivity contribution in [3.63, 3.8) is 0 Å². The van der Waals surface area contributed by atoms with E-state index in [0.717, 1.165) is 0 Å². The van der Waals surface area contributed by atoms with Gasteiger partial charge in [-0.2, -0.15) is 13.2 Å². The summed E-state index contributed by atoms with van der Waals surface area (Å²) >= 11 is 5.82. The number of amides is 1. The molecule has 110 valence electrons. The van der Waals surface area contributed by atoms with Crippen molar-refractivity contribution in [1.29, 1.82) is 0 Å². The predicted octanol–water partition coefficient (Wildman–Crippen LogP) is 2.99. The molecule has 1 aliphatic carbocycles. The van der Waals surface area contributed by atoms with Crippen LogP contribution in [0, 0.1) is 0 Å². The van der Waals surface area contributed by atoms with E-state index in [1.54, 1.807) is 6.07 Å². The van der Waals surface area contributed by atoms with Crippen molar-refractivity contribution in [2.45, 2.75) is 31.5 Å². The molecule has 0 spiro atoms. The Labute approximate surface area is 118 Å². The van der Waals surface area contributed by atoms with Crippen LogP contribution in [-0.2, 0) is 0 Å². The van der Waals surface area contributed by atoms with Gasteiger partial charge in [-0.15, -0.1) is 0 Å². The molecule has 1 fully saturated rings. The molecule has 0 atom stereocenters. The summed E-state index contributed by atoms with van der Waals surface area (Å²) in [6.45, 7) is 2.40. The van der Waals surface area contributed by atoms with E-state index < -0.39 is 17.6 Å². The first kappa shape index (κ1) is 14.9. The molecule has 0 aromatic carbocycles. The Morgan fingerprint density at radius 3 is 2.60 bits per heavy atom. The van der Waals surface area contributed by atoms with Crippen molar-refractivity contribution in [2.75, 3.05) is 11.9 Å². The summed E-state index contributed by atoms with van der Waals surface area (Å²) in [6, 6.07) is 2.98. The number of nitrogens with one attached hydrogen (secondary N) is 2. The van der Waals surface area contributed by atoms with E-state index in [1.165, 1.54) is 6.07 Å². The number of hydrogen-bond donors (Lipinski definition) is 2. The third kappa shape index (κ3) is 2.82. The van der Waals surface area contributed by atoms with Crippen molar-refractivity contribution in [3.8, 4) is 0 Å². The third-order valence-corrected chi connectivity index (χ3v) is 3.37. The number of halogens is 4. The van der Waals surface area contributed by atoms with Crippen LogP contribution in [0.5, 0.6) is 0 Å². The second-order valence-electron chi connectivity index (χ2n) is 4.59. The summed E-state index contributed by atoms with van der Waals surface area (Å²) < 4.78 is 38.4. The fourth-order valence-corrected chi connectivity index (χ4v) is 1.95. The van der Waals surface area contributed by atoms with Gasteiger partial charge in [-0.1, -0.05) is 11.6 Å². The average Bonchev–Trinajstić information content (AvgIpc) is 3.12. The van der Waals surface area contributed by atoms with E-state index in [9.17, 15) is 18.0 Å². The van der Waals surface area contributed by atoms with Gasteiger partial charge in [0.1, 0.15) is 17.1 Å². The molecular weight excluding hydrogens is 295 g/mol. The van der Waals surface area contributed by atoms with E-state index in [4.69, 9.17) is 11.6 Å². The number of rotatable bonds is 4. The van der Waals surface area contributed by atoms with Crippen LogP contribution < -0.4 is 10.6 Å². The summed E-state index contributed by atoms with van der Waals surface area (Å²) in [5, 5.41) is 4.88. The zero-order valence-corrected chi connectivity index (χ0v) is 11.4. The zero-order chi connectivity index (χ0) is 15.0. The Kier molecular flexibility index (Phi) is 3.82. The summed E-state index contributed by atoms with van der Waals surface area (Å²) in [7, 11) is 0. The van der Waals surface area contributed by atoms with Gasteiger partial charge in [0, 0.05) is 6.54 Å². The highest BCUT2D eigenvalue weighted by molar-refractivity contribution is 6.33. The number of alkyl halides is 3. The number of nitrogens with zero attached hydrogens (tertiary/aromatic N) is 1. The maximum absolute atomic E-state index is 12.8. The van der Waals surface area contributed by atoms with Crippen molar-refractivity contribution in [2.24, 2.45) is 0 Å². The van der Waals surface area contributed by atoms with Crippen molar-refractivity contribution in [1.82, 2.24) is 10.3 Å². The minimum atomic E-state index is -4.46. The Bertz CT molecular complexity index is 529. The lowest BCUT2D eigenvalue weighted by Gasteiger charge is -2.20. The molecule has 1 saturated carbocycles. The fraction of sp³-hybridized carbons (Fsp3) is 0.500. The van der Waals surface area contributed by atoms with Crippen LogP contribution in [-0.4, -0.2) is 29.2 Å². The SMILES string of the molecule is CCNc1ccc(Cl)c(C(=O)NC2(C(F)(F)F)CC2)n1. The number of carbonyl (C=O) groups is 1. The number of carbonyl (C=O) groups excluding carboxylic acids is 1. The minimum Gasteiger partial charge on any atom is -0.370 e. The van der Waals surface area contributed by atoms with Crippen LogP contribution in [0.15, 0.2) is 12.1 Å². The number of hydrogen-bond acceptors (Lipinski definition) is 3. The van der Waals surface area contributed by atoms with E-state index in [0.29, 0.717) is 12.4 Å². The molecule has 4 nitrogen and oxygen atoms in total. The first-order valence-corrected chi connectivity index (χ1v) is 6.46. The second-order valence-corrected chi connectivity index (χ2v) is 5.00. The second kappa shape index (κ2) is 5.12. The molecule has 1 aromatic rings. The van der Waals surface area contributed by atoms with E-state index >= 15 is 0 Å². The number of pyridine rings is 1. The number of anilines is 1. The van der Waals surface area contributed by atoms with Crippen LogP contribution in [0.2, 0.25) is 5.02 Å². The highest BCUT2D eigenvalue weighted by Gasteiger charge is 2.64. The van der Waals surface area contributed by atoms with Crippen LogP contribution >= 0.6 is 11.6 Å². The lowest BCUT2D eigenvalue weighted by molar-refractivity contribution is -0.163. The minimum absolute atomic E-state index is 0.0159. The van der Waals surface area contributed by atoms with Gasteiger partial charge in [0.2, 0.25) is 0 Å². The fourth-order valence-electron chi connectivity index (χ4n) is 1.76. The lowest BCUT2D eigenvalue weighted by Crippen LogP contribution is -2.48. The van der Waals surface area contributed by atoms with E-state index in [-0.39, 0.29) is 23.6 Å². The molecule has 1 aromatic heterocycles. The van der Waals surface area contributed by atoms with Gasteiger partial charge in [-0.3, -0.25) is 4.79 Å². The van der Waals surface area contributed by atoms with Crippen molar-refractivity contribution in [3.05, 3.63) is 22.8 Å². The molecule has 1 amide bonds. The molecule has 2 N–H and O–H groups in total. The predicted molar refractivity (Wildman–Crippen MR) is 68.9 cm³/mol. The molecule has 0 radical (unpaired) electrons. The lowest BCUT2D eigenvalue weighted by atomic mass is 10.2. The molecule has 8 heteroatoms. The molecule has 2 rings (SSSR count). The maximum atomic E-state index is 12.8. The van der Waals surface area contributed by atoms with E-state index in [2.05, 4.69) is 10.3 Å². The molecule has 0 aliphatic heterocycles. The highest BCUT2D eigenvalue weighted by atomic mass is 35.5. The Hall–Kier alpha value is -1.50. The number of aromatic nitrogens is 1. The molecule has 0 saturated heterocycles. The smallest absolute Gasteiger partial charge is 0.370 e. The van der Waals surface area contributed by atoms with Gasteiger partial charge < -0.3 is 10.6 Å². The summed E-state index contributed by atoms with van der Waals surface area (Å²) in [4.78, 5) is 15.9. The monoisotopic (exact) mass is 307 g/mol. The topological polar surface area (TPSA) is 54.0 Å². The first-order chi connectivity index (χ1) is 9.29. The molecule has 1 aliphatic rings. The summed E-state index contributed by atoms with van der Waals surface area (Å²) in [6.07, 6.45) is -4.70. The Morgan fingerprint density at radius 1 is 1.45 bits per heavy atom. The highest BCUT2D eigenvalue weighted by Crippen LogP contribution is 2.49. The Morgan fingerprint density at radius 2 is 2.10 bits per heavy atom.